The van der Waals surface area contributed by atoms with Crippen molar-refractivity contribution in [1.82, 2.24) is 9.80 Å². The Morgan fingerprint density at radius 2 is 1.67 bits per heavy atom. The number of rotatable bonds is 4. The number of aryl methyl sites for hydroxylation is 1. The summed E-state index contributed by atoms with van der Waals surface area (Å²) in [6.07, 6.45) is 0.310. The lowest BCUT2D eigenvalue weighted by Crippen LogP contribution is -2.51. The summed E-state index contributed by atoms with van der Waals surface area (Å²) in [6.45, 7) is 9.09. The molecule has 1 N–H and O–H groups in total. The Bertz CT molecular complexity index is 921. The summed E-state index contributed by atoms with van der Waals surface area (Å²) in [5, 5.41) is 2.92. The third kappa shape index (κ3) is 4.55. The van der Waals surface area contributed by atoms with Crippen molar-refractivity contribution in [3.63, 3.8) is 0 Å². The quantitative estimate of drug-likeness (QED) is 0.848. The van der Waals surface area contributed by atoms with Crippen LogP contribution < -0.4 is 10.2 Å². The van der Waals surface area contributed by atoms with E-state index in [2.05, 4.69) is 46.3 Å². The smallest absolute Gasteiger partial charge is 0.241 e. The molecule has 30 heavy (non-hydrogen) atoms. The van der Waals surface area contributed by atoms with E-state index in [1.165, 1.54) is 11.1 Å². The highest BCUT2D eigenvalue weighted by atomic mass is 16.2. The van der Waals surface area contributed by atoms with E-state index in [1.54, 1.807) is 4.90 Å². The molecule has 1 atom stereocenters. The predicted octanol–water partition coefficient (Wildman–Crippen LogP) is 2.88. The highest BCUT2D eigenvalue weighted by Gasteiger charge is 2.31. The molecule has 0 saturated carbocycles. The van der Waals surface area contributed by atoms with Gasteiger partial charge in [-0.15, -0.1) is 0 Å². The number of hydrogen-bond donors (Lipinski definition) is 1. The first kappa shape index (κ1) is 20.6. The van der Waals surface area contributed by atoms with E-state index in [0.717, 1.165) is 38.4 Å². The lowest BCUT2D eigenvalue weighted by atomic mass is 10.1. The monoisotopic (exact) mass is 406 g/mol. The minimum absolute atomic E-state index is 0.0462. The van der Waals surface area contributed by atoms with Crippen LogP contribution in [0.2, 0.25) is 0 Å². The minimum atomic E-state index is -0.163. The van der Waals surface area contributed by atoms with E-state index in [9.17, 15) is 9.59 Å². The molecule has 0 bridgehead atoms. The lowest BCUT2D eigenvalue weighted by molar-refractivity contribution is -0.120. The summed E-state index contributed by atoms with van der Waals surface area (Å²) in [5.74, 6) is 0.00822. The van der Waals surface area contributed by atoms with Crippen LogP contribution in [-0.4, -0.2) is 60.4 Å². The van der Waals surface area contributed by atoms with Gasteiger partial charge in [0.25, 0.3) is 0 Å². The Kier molecular flexibility index (Phi) is 6.16. The van der Waals surface area contributed by atoms with Gasteiger partial charge in [0.05, 0.1) is 17.9 Å². The molecule has 2 amide bonds. The van der Waals surface area contributed by atoms with Crippen LogP contribution in [0.5, 0.6) is 0 Å². The van der Waals surface area contributed by atoms with Crippen LogP contribution in [0.15, 0.2) is 48.5 Å². The molecule has 0 aliphatic carbocycles. The second-order valence-corrected chi connectivity index (χ2v) is 8.36. The molecule has 6 heteroatoms. The first-order valence-electron chi connectivity index (χ1n) is 10.7. The van der Waals surface area contributed by atoms with E-state index >= 15 is 0 Å². The van der Waals surface area contributed by atoms with Gasteiger partial charge in [-0.25, -0.2) is 0 Å². The SMILES string of the molecule is Cc1ccccc1CN1CCN(CC(=O)N2c3ccccc3NC(=O)CC2C)CC1. The van der Waals surface area contributed by atoms with Crippen molar-refractivity contribution in [3.05, 3.63) is 59.7 Å². The van der Waals surface area contributed by atoms with Gasteiger partial charge in [0.1, 0.15) is 0 Å². The van der Waals surface area contributed by atoms with Crippen LogP contribution in [-0.2, 0) is 16.1 Å². The molecular formula is C24H30N4O2. The number of piperazine rings is 1. The average Bonchev–Trinajstić information content (AvgIpc) is 2.85. The van der Waals surface area contributed by atoms with Gasteiger partial charge >= 0.3 is 0 Å². The van der Waals surface area contributed by atoms with Crippen molar-refractivity contribution < 1.29 is 9.59 Å². The summed E-state index contributed by atoms with van der Waals surface area (Å²) in [6, 6.07) is 15.9. The number of para-hydroxylation sites is 2. The van der Waals surface area contributed by atoms with Crippen molar-refractivity contribution in [2.75, 3.05) is 42.9 Å². The Balaban J connectivity index is 1.38. The van der Waals surface area contributed by atoms with Crippen LogP contribution in [0.4, 0.5) is 11.4 Å². The highest BCUT2D eigenvalue weighted by molar-refractivity contribution is 6.04. The van der Waals surface area contributed by atoms with Crippen LogP contribution in [0.1, 0.15) is 24.5 Å². The molecule has 4 rings (SSSR count). The number of nitrogens with zero attached hydrogens (tertiary/aromatic N) is 3. The Morgan fingerprint density at radius 3 is 2.43 bits per heavy atom. The number of benzene rings is 2. The normalized spacial score (nSPS) is 20.4. The molecule has 2 aliphatic heterocycles. The number of fused-ring (bicyclic) bond motifs is 1. The first-order chi connectivity index (χ1) is 14.5. The molecule has 1 fully saturated rings. The molecule has 2 aromatic carbocycles. The molecule has 0 aromatic heterocycles. The molecule has 158 valence electrons. The van der Waals surface area contributed by atoms with Gasteiger partial charge in [-0.3, -0.25) is 19.4 Å². The van der Waals surface area contributed by atoms with Crippen molar-refractivity contribution in [2.45, 2.75) is 32.9 Å². The first-order valence-corrected chi connectivity index (χ1v) is 10.7. The molecule has 1 saturated heterocycles. The fourth-order valence-corrected chi connectivity index (χ4v) is 4.37. The van der Waals surface area contributed by atoms with Crippen molar-refractivity contribution >= 4 is 23.2 Å². The van der Waals surface area contributed by atoms with E-state index < -0.39 is 0 Å². The van der Waals surface area contributed by atoms with Crippen molar-refractivity contribution in [3.8, 4) is 0 Å². The van der Waals surface area contributed by atoms with Gasteiger partial charge in [-0.1, -0.05) is 36.4 Å². The highest BCUT2D eigenvalue weighted by Crippen LogP contribution is 2.31. The van der Waals surface area contributed by atoms with E-state index in [-0.39, 0.29) is 17.9 Å². The summed E-state index contributed by atoms with van der Waals surface area (Å²) in [7, 11) is 0. The zero-order chi connectivity index (χ0) is 21.1. The Morgan fingerprint density at radius 1 is 1.00 bits per heavy atom. The van der Waals surface area contributed by atoms with Gasteiger partial charge in [0.2, 0.25) is 11.8 Å². The van der Waals surface area contributed by atoms with E-state index in [1.807, 2.05) is 31.2 Å². The van der Waals surface area contributed by atoms with Gasteiger partial charge < -0.3 is 10.2 Å². The number of nitrogens with one attached hydrogen (secondary N) is 1. The number of anilines is 2. The van der Waals surface area contributed by atoms with Gasteiger partial charge in [0, 0.05) is 45.2 Å². The summed E-state index contributed by atoms with van der Waals surface area (Å²) >= 11 is 0. The molecule has 2 aliphatic rings. The van der Waals surface area contributed by atoms with E-state index in [0.29, 0.717) is 18.7 Å². The van der Waals surface area contributed by atoms with Gasteiger partial charge in [-0.2, -0.15) is 0 Å². The molecular weight excluding hydrogens is 376 g/mol. The predicted molar refractivity (Wildman–Crippen MR) is 120 cm³/mol. The number of amides is 2. The largest absolute Gasteiger partial charge is 0.324 e. The summed E-state index contributed by atoms with van der Waals surface area (Å²) in [5.41, 5.74) is 4.20. The zero-order valence-corrected chi connectivity index (χ0v) is 17.8. The second kappa shape index (κ2) is 8.98. The van der Waals surface area contributed by atoms with Gasteiger partial charge in [-0.05, 0) is 37.1 Å². The van der Waals surface area contributed by atoms with Crippen LogP contribution in [0, 0.1) is 6.92 Å². The number of hydrogen-bond acceptors (Lipinski definition) is 4. The second-order valence-electron chi connectivity index (χ2n) is 8.36. The van der Waals surface area contributed by atoms with Crippen molar-refractivity contribution in [2.24, 2.45) is 0 Å². The van der Waals surface area contributed by atoms with Crippen LogP contribution in [0.25, 0.3) is 0 Å². The average molecular weight is 407 g/mol. The molecule has 0 spiro atoms. The maximum atomic E-state index is 13.2. The summed E-state index contributed by atoms with van der Waals surface area (Å²) in [4.78, 5) is 31.9. The molecule has 0 radical (unpaired) electrons. The maximum absolute atomic E-state index is 13.2. The minimum Gasteiger partial charge on any atom is -0.324 e. The van der Waals surface area contributed by atoms with Crippen LogP contribution >= 0.6 is 0 Å². The third-order valence-corrected chi connectivity index (χ3v) is 6.11. The Hall–Kier alpha value is -2.70. The molecule has 2 heterocycles. The zero-order valence-electron chi connectivity index (χ0n) is 17.8. The standard InChI is InChI=1S/C24H30N4O2/c1-18-7-3-4-8-20(18)16-26-11-13-27(14-12-26)17-24(30)28-19(2)15-23(29)25-21-9-5-6-10-22(21)28/h3-10,19H,11-17H2,1-2H3,(H,25,29). The molecule has 6 nitrogen and oxygen atoms in total. The topological polar surface area (TPSA) is 55.9 Å². The lowest BCUT2D eigenvalue weighted by Gasteiger charge is -2.36. The molecule has 1 unspecified atom stereocenters. The third-order valence-electron chi connectivity index (χ3n) is 6.11. The number of carbonyl (C=O) groups excluding carboxylic acids is 2. The van der Waals surface area contributed by atoms with Crippen molar-refractivity contribution in [1.29, 1.82) is 0 Å². The Labute approximate surface area is 178 Å². The summed E-state index contributed by atoms with van der Waals surface area (Å²) < 4.78 is 0. The van der Waals surface area contributed by atoms with Gasteiger partial charge in [0.15, 0.2) is 0 Å². The number of carbonyl (C=O) groups is 2. The van der Waals surface area contributed by atoms with Crippen LogP contribution in [0.3, 0.4) is 0 Å². The van der Waals surface area contributed by atoms with E-state index in [4.69, 9.17) is 0 Å². The fourth-order valence-electron chi connectivity index (χ4n) is 4.37. The fraction of sp³-hybridized carbons (Fsp3) is 0.417. The maximum Gasteiger partial charge on any atom is 0.241 e. The molecule has 2 aromatic rings.